The fraction of sp³-hybridized carbons (Fsp3) is 0.435. The van der Waals surface area contributed by atoms with Gasteiger partial charge in [-0.25, -0.2) is 8.42 Å². The molecule has 1 N–H and O–H groups in total. The quantitative estimate of drug-likeness (QED) is 0.675. The Morgan fingerprint density at radius 3 is 2.59 bits per heavy atom. The summed E-state index contributed by atoms with van der Waals surface area (Å²) in [7, 11) is -3.42. The van der Waals surface area contributed by atoms with E-state index < -0.39 is 16.1 Å². The molecule has 2 heterocycles. The molecule has 174 valence electrons. The van der Waals surface area contributed by atoms with Crippen LogP contribution in [0.1, 0.15) is 36.0 Å². The topological polar surface area (TPSA) is 69.7 Å². The fourth-order valence-electron chi connectivity index (χ4n) is 4.47. The second-order valence-corrected chi connectivity index (χ2v) is 10.8. The van der Waals surface area contributed by atoms with Crippen LogP contribution < -0.4 is 5.32 Å². The van der Waals surface area contributed by atoms with Crippen LogP contribution in [0.3, 0.4) is 0 Å². The summed E-state index contributed by atoms with van der Waals surface area (Å²) < 4.78 is 25.4. The van der Waals surface area contributed by atoms with Gasteiger partial charge in [0.05, 0.1) is 6.26 Å². The number of halogens is 2. The van der Waals surface area contributed by atoms with E-state index in [1.54, 1.807) is 6.07 Å². The third-order valence-corrected chi connectivity index (χ3v) is 7.75. The second-order valence-electron chi connectivity index (χ2n) is 8.41. The Hall–Kier alpha value is -1.64. The normalized spacial score (nSPS) is 19.6. The summed E-state index contributed by atoms with van der Waals surface area (Å²) >= 11 is 6.54. The van der Waals surface area contributed by atoms with Gasteiger partial charge in [-0.3, -0.25) is 9.69 Å². The van der Waals surface area contributed by atoms with Gasteiger partial charge in [-0.1, -0.05) is 48.4 Å². The van der Waals surface area contributed by atoms with Gasteiger partial charge >= 0.3 is 0 Å². The summed E-state index contributed by atoms with van der Waals surface area (Å²) in [5.41, 5.74) is 4.36. The molecule has 1 fully saturated rings. The average molecular weight is 498 g/mol. The van der Waals surface area contributed by atoms with Gasteiger partial charge < -0.3 is 5.32 Å². The van der Waals surface area contributed by atoms with Crippen molar-refractivity contribution in [2.75, 3.05) is 24.7 Å². The second kappa shape index (κ2) is 10.5. The first-order valence-electron chi connectivity index (χ1n) is 10.7. The van der Waals surface area contributed by atoms with Gasteiger partial charge in [-0.15, -0.1) is 12.4 Å². The third-order valence-electron chi connectivity index (χ3n) is 6.11. The van der Waals surface area contributed by atoms with Gasteiger partial charge in [0.25, 0.3) is 0 Å². The highest BCUT2D eigenvalue weighted by atomic mass is 35.5. The molecule has 1 saturated heterocycles. The maximum Gasteiger partial charge on any atom is 0.242 e. The molecule has 0 radical (unpaired) electrons. The largest absolute Gasteiger partial charge is 0.325 e. The van der Waals surface area contributed by atoms with Crippen LogP contribution in [0.5, 0.6) is 0 Å². The number of nitrogens with zero attached hydrogens (tertiary/aromatic N) is 2. The fourth-order valence-corrected chi connectivity index (χ4v) is 5.84. The number of hydrogen-bond donors (Lipinski definition) is 1. The zero-order valence-electron chi connectivity index (χ0n) is 18.1. The molecule has 9 heteroatoms. The summed E-state index contributed by atoms with van der Waals surface area (Å²) in [6.45, 7) is 3.00. The van der Waals surface area contributed by atoms with E-state index in [4.69, 9.17) is 11.6 Å². The van der Waals surface area contributed by atoms with Crippen LogP contribution in [0.2, 0.25) is 5.02 Å². The van der Waals surface area contributed by atoms with Crippen LogP contribution in [-0.4, -0.2) is 48.9 Å². The lowest BCUT2D eigenvalue weighted by Gasteiger charge is -2.32. The van der Waals surface area contributed by atoms with Crippen LogP contribution in [0.4, 0.5) is 5.69 Å². The Kier molecular flexibility index (Phi) is 8.22. The van der Waals surface area contributed by atoms with Crippen LogP contribution in [-0.2, 0) is 34.3 Å². The minimum atomic E-state index is -3.42. The monoisotopic (exact) mass is 497 g/mol. The van der Waals surface area contributed by atoms with Gasteiger partial charge in [-0.2, -0.15) is 4.31 Å². The lowest BCUT2D eigenvalue weighted by Crippen LogP contribution is -2.49. The Morgan fingerprint density at radius 1 is 1.12 bits per heavy atom. The number of benzene rings is 2. The molecule has 0 aliphatic carbocycles. The minimum absolute atomic E-state index is 0. The summed E-state index contributed by atoms with van der Waals surface area (Å²) in [5, 5.41) is 3.45. The first kappa shape index (κ1) is 25.0. The third kappa shape index (κ3) is 5.83. The zero-order chi connectivity index (χ0) is 22.0. The molecule has 0 aromatic heterocycles. The Labute approximate surface area is 201 Å². The molecule has 0 spiro atoms. The van der Waals surface area contributed by atoms with E-state index in [0.29, 0.717) is 23.7 Å². The highest BCUT2D eigenvalue weighted by Gasteiger charge is 2.34. The molecule has 1 atom stereocenters. The number of carbonyl (C=O) groups is 1. The maximum atomic E-state index is 12.8. The predicted octanol–water partition coefficient (Wildman–Crippen LogP) is 4.07. The van der Waals surface area contributed by atoms with Gasteiger partial charge in [0.15, 0.2) is 0 Å². The molecule has 2 aromatic carbocycles. The lowest BCUT2D eigenvalue weighted by atomic mass is 9.99. The van der Waals surface area contributed by atoms with Crippen molar-refractivity contribution in [3.63, 3.8) is 0 Å². The summed E-state index contributed by atoms with van der Waals surface area (Å²) in [6.07, 6.45) is 4.33. The van der Waals surface area contributed by atoms with Crippen molar-refractivity contribution < 1.29 is 13.2 Å². The minimum Gasteiger partial charge on any atom is -0.325 e. The van der Waals surface area contributed by atoms with E-state index in [1.807, 2.05) is 12.1 Å². The number of fused-ring (bicyclic) bond motifs is 1. The number of anilines is 1. The van der Waals surface area contributed by atoms with E-state index in [1.165, 1.54) is 15.4 Å². The first-order valence-corrected chi connectivity index (χ1v) is 12.9. The number of sulfonamides is 1. The number of amides is 1. The van der Waals surface area contributed by atoms with Gasteiger partial charge in [-0.05, 0) is 48.1 Å². The number of piperidine rings is 1. The first-order chi connectivity index (χ1) is 14.8. The van der Waals surface area contributed by atoms with Crippen LogP contribution in [0, 0.1) is 0 Å². The maximum absolute atomic E-state index is 12.8. The predicted molar refractivity (Wildman–Crippen MR) is 131 cm³/mol. The van der Waals surface area contributed by atoms with E-state index in [9.17, 15) is 13.2 Å². The standard InChI is InChI=1S/C23H28ClN3O3S.ClH/c1-31(29,30)27-12-5-4-8-22(27)23(28)25-20-10-9-19(21(24)14-20)16-26-13-11-17-6-2-3-7-18(17)15-26;/h2-3,6-7,9-10,14,22H,4-5,8,11-13,15-16H2,1H3,(H,25,28);1H/t22-;/m1./s1. The van der Waals surface area contributed by atoms with Gasteiger partial charge in [0, 0.05) is 36.9 Å². The van der Waals surface area contributed by atoms with Crippen molar-refractivity contribution in [1.29, 1.82) is 0 Å². The Morgan fingerprint density at radius 2 is 1.88 bits per heavy atom. The molecule has 1 amide bonds. The lowest BCUT2D eigenvalue weighted by molar-refractivity contribution is -0.120. The van der Waals surface area contributed by atoms with Crippen molar-refractivity contribution in [3.05, 3.63) is 64.2 Å². The molecular formula is C23H29Cl2N3O3S. The Bertz CT molecular complexity index is 1080. The number of carbonyl (C=O) groups excluding carboxylic acids is 1. The molecule has 0 bridgehead atoms. The Balaban J connectivity index is 0.00000289. The highest BCUT2D eigenvalue weighted by molar-refractivity contribution is 7.88. The smallest absolute Gasteiger partial charge is 0.242 e. The van der Waals surface area contributed by atoms with Crippen LogP contribution in [0.25, 0.3) is 0 Å². The van der Waals surface area contributed by atoms with Crippen LogP contribution >= 0.6 is 24.0 Å². The van der Waals surface area contributed by atoms with Crippen molar-refractivity contribution in [2.45, 2.75) is 44.8 Å². The van der Waals surface area contributed by atoms with E-state index in [0.717, 1.165) is 50.7 Å². The highest BCUT2D eigenvalue weighted by Crippen LogP contribution is 2.27. The van der Waals surface area contributed by atoms with Crippen molar-refractivity contribution in [1.82, 2.24) is 9.21 Å². The van der Waals surface area contributed by atoms with Crippen molar-refractivity contribution in [3.8, 4) is 0 Å². The van der Waals surface area contributed by atoms with Crippen molar-refractivity contribution >= 4 is 45.6 Å². The number of hydrogen-bond acceptors (Lipinski definition) is 4. The van der Waals surface area contributed by atoms with Crippen molar-refractivity contribution in [2.24, 2.45) is 0 Å². The molecule has 2 aromatic rings. The molecule has 0 saturated carbocycles. The van der Waals surface area contributed by atoms with E-state index in [2.05, 4.69) is 34.5 Å². The van der Waals surface area contributed by atoms with Gasteiger partial charge in [0.2, 0.25) is 15.9 Å². The summed E-state index contributed by atoms with van der Waals surface area (Å²) in [5.74, 6) is -0.304. The molecule has 2 aliphatic heterocycles. The van der Waals surface area contributed by atoms with E-state index >= 15 is 0 Å². The van der Waals surface area contributed by atoms with Crippen LogP contribution in [0.15, 0.2) is 42.5 Å². The zero-order valence-corrected chi connectivity index (χ0v) is 20.5. The summed E-state index contributed by atoms with van der Waals surface area (Å²) in [4.78, 5) is 15.2. The average Bonchev–Trinajstić information content (AvgIpc) is 2.75. The molecule has 6 nitrogen and oxygen atoms in total. The molecular weight excluding hydrogens is 469 g/mol. The number of rotatable bonds is 5. The van der Waals surface area contributed by atoms with E-state index in [-0.39, 0.29) is 18.3 Å². The SMILES string of the molecule is CS(=O)(=O)N1CCCC[C@@H]1C(=O)Nc1ccc(CN2CCc3ccccc3C2)c(Cl)c1.Cl. The molecule has 0 unspecified atom stereocenters. The number of nitrogens with one attached hydrogen (secondary N) is 1. The van der Waals surface area contributed by atoms with Gasteiger partial charge in [0.1, 0.15) is 6.04 Å². The molecule has 32 heavy (non-hydrogen) atoms. The molecule has 4 rings (SSSR count). The molecule has 2 aliphatic rings. The summed E-state index contributed by atoms with van der Waals surface area (Å²) in [6, 6.07) is 13.4.